The van der Waals surface area contributed by atoms with Crippen LogP contribution < -0.4 is 5.43 Å². The molecule has 0 radical (unpaired) electrons. The molecule has 0 aliphatic heterocycles. The molecule has 0 aromatic carbocycles. The van der Waals surface area contributed by atoms with E-state index in [0.717, 1.165) is 5.01 Å². The number of amides is 2. The zero-order valence-corrected chi connectivity index (χ0v) is 5.74. The van der Waals surface area contributed by atoms with Gasteiger partial charge in [0.1, 0.15) is 0 Å². The molecular formula is C4H8N4O2. The van der Waals surface area contributed by atoms with Crippen LogP contribution in [0.3, 0.4) is 0 Å². The molecule has 2 amide bonds. The first-order valence-electron chi connectivity index (χ1n) is 2.52. The third-order valence-corrected chi connectivity index (χ3v) is 0.745. The Bertz CT molecular complexity index is 155. The molecule has 1 N–H and O–H groups in total. The number of nitrogens with one attached hydrogen (secondary N) is 1. The van der Waals surface area contributed by atoms with Crippen molar-refractivity contribution in [3.63, 3.8) is 0 Å². The molecule has 0 atom stereocenters. The molecule has 0 saturated heterocycles. The molecule has 0 aliphatic carbocycles. The second-order valence-electron chi connectivity index (χ2n) is 1.48. The molecule has 0 bridgehead atoms. The topological polar surface area (TPSA) is 74.1 Å². The number of hydrogen-bond donors (Lipinski definition) is 1. The summed E-state index contributed by atoms with van der Waals surface area (Å²) >= 11 is 0. The van der Waals surface area contributed by atoms with Gasteiger partial charge < -0.3 is 0 Å². The lowest BCUT2D eigenvalue weighted by atomic mass is 10.7. The Kier molecular flexibility index (Phi) is 3.78. The average molecular weight is 144 g/mol. The number of carbonyl (C=O) groups is 2. The molecule has 6 heteroatoms. The van der Waals surface area contributed by atoms with Crippen molar-refractivity contribution in [2.45, 2.75) is 6.92 Å². The van der Waals surface area contributed by atoms with Gasteiger partial charge in [-0.25, -0.2) is 10.4 Å². The summed E-state index contributed by atoms with van der Waals surface area (Å²) in [4.78, 5) is 20.0. The van der Waals surface area contributed by atoms with E-state index in [1.54, 1.807) is 0 Å². The van der Waals surface area contributed by atoms with Crippen molar-refractivity contribution in [2.24, 2.45) is 10.4 Å². The summed E-state index contributed by atoms with van der Waals surface area (Å²) in [6.45, 7) is 1.33. The first kappa shape index (κ1) is 8.54. The largest absolute Gasteiger partial charge is 0.277 e. The predicted molar refractivity (Wildman–Crippen MR) is 32.5 cm³/mol. The fraction of sp³-hybridized carbons (Fsp3) is 0.500. The molecule has 6 nitrogen and oxygen atoms in total. The van der Waals surface area contributed by atoms with Gasteiger partial charge in [-0.15, -0.1) is 0 Å². The van der Waals surface area contributed by atoms with Gasteiger partial charge in [0, 0.05) is 14.0 Å². The van der Waals surface area contributed by atoms with E-state index in [9.17, 15) is 9.59 Å². The Labute approximate surface area is 57.9 Å². The second-order valence-corrected chi connectivity index (χ2v) is 1.48. The molecule has 56 valence electrons. The SMILES string of the molecule is CC(=O)N(C)N=NNC=O. The molecule has 0 rings (SSSR count). The Hall–Kier alpha value is -1.46. The lowest BCUT2D eigenvalue weighted by Gasteiger charge is -2.02. The number of rotatable bonds is 3. The van der Waals surface area contributed by atoms with Crippen LogP contribution in [0.4, 0.5) is 0 Å². The third kappa shape index (κ3) is 3.53. The second kappa shape index (κ2) is 4.42. The quantitative estimate of drug-likeness (QED) is 0.329. The van der Waals surface area contributed by atoms with E-state index in [1.165, 1.54) is 14.0 Å². The van der Waals surface area contributed by atoms with E-state index in [4.69, 9.17) is 0 Å². The highest BCUT2D eigenvalue weighted by atomic mass is 16.2. The summed E-state index contributed by atoms with van der Waals surface area (Å²) in [5, 5.41) is 7.40. The van der Waals surface area contributed by atoms with Gasteiger partial charge in [0.05, 0.1) is 0 Å². The highest BCUT2D eigenvalue weighted by molar-refractivity contribution is 5.72. The summed E-state index contributed by atoms with van der Waals surface area (Å²) in [5.74, 6) is -0.253. The van der Waals surface area contributed by atoms with Gasteiger partial charge in [-0.3, -0.25) is 9.59 Å². The van der Waals surface area contributed by atoms with E-state index < -0.39 is 0 Å². The Morgan fingerprint density at radius 2 is 2.30 bits per heavy atom. The molecule has 0 aromatic rings. The third-order valence-electron chi connectivity index (χ3n) is 0.745. The molecule has 10 heavy (non-hydrogen) atoms. The fourth-order valence-corrected chi connectivity index (χ4v) is 0.179. The molecule has 0 unspecified atom stereocenters. The van der Waals surface area contributed by atoms with Gasteiger partial charge in [-0.1, -0.05) is 0 Å². The van der Waals surface area contributed by atoms with Crippen molar-refractivity contribution < 1.29 is 9.59 Å². The maximum atomic E-state index is 10.4. The van der Waals surface area contributed by atoms with Crippen molar-refractivity contribution in [3.05, 3.63) is 0 Å². The van der Waals surface area contributed by atoms with Crippen LogP contribution in [0.5, 0.6) is 0 Å². The van der Waals surface area contributed by atoms with Crippen LogP contribution in [0.1, 0.15) is 6.92 Å². The van der Waals surface area contributed by atoms with Crippen molar-refractivity contribution in [1.82, 2.24) is 10.4 Å². The zero-order chi connectivity index (χ0) is 7.98. The van der Waals surface area contributed by atoms with E-state index in [2.05, 4.69) is 10.4 Å². The molecule has 0 saturated carbocycles. The van der Waals surface area contributed by atoms with Crippen LogP contribution in [-0.2, 0) is 9.59 Å². The van der Waals surface area contributed by atoms with Crippen LogP contribution >= 0.6 is 0 Å². The van der Waals surface area contributed by atoms with Crippen LogP contribution in [0.25, 0.3) is 0 Å². The summed E-state index contributed by atoms with van der Waals surface area (Å²) in [6, 6.07) is 0. The minimum Gasteiger partial charge on any atom is -0.277 e. The molecule has 0 heterocycles. The van der Waals surface area contributed by atoms with E-state index in [0.29, 0.717) is 6.41 Å². The molecule has 0 aromatic heterocycles. The standard InChI is InChI=1S/C4H8N4O2/c1-4(10)8(2)7-6-5-3-9/h3H,1-2H3,(H,5,7,9). The maximum absolute atomic E-state index is 10.4. The fourth-order valence-electron chi connectivity index (χ4n) is 0.179. The highest BCUT2D eigenvalue weighted by Gasteiger charge is 1.96. The molecule has 0 aliphatic rings. The normalized spacial score (nSPS) is 9.40. The predicted octanol–water partition coefficient (Wildman–Crippen LogP) is -0.507. The summed E-state index contributed by atoms with van der Waals surface area (Å²) in [6.07, 6.45) is 0.359. The zero-order valence-electron chi connectivity index (χ0n) is 5.74. The van der Waals surface area contributed by atoms with Gasteiger partial charge in [-0.2, -0.15) is 0 Å². The van der Waals surface area contributed by atoms with Gasteiger partial charge in [0.2, 0.25) is 12.3 Å². The van der Waals surface area contributed by atoms with Crippen molar-refractivity contribution in [3.8, 4) is 0 Å². The minimum absolute atomic E-state index is 0.253. The first-order valence-corrected chi connectivity index (χ1v) is 2.52. The Balaban J connectivity index is 3.65. The molecule has 0 spiro atoms. The summed E-state index contributed by atoms with van der Waals surface area (Å²) in [5.41, 5.74) is 1.92. The summed E-state index contributed by atoms with van der Waals surface area (Å²) in [7, 11) is 1.43. The monoisotopic (exact) mass is 144 g/mol. The van der Waals surface area contributed by atoms with E-state index in [1.807, 2.05) is 5.43 Å². The van der Waals surface area contributed by atoms with Gasteiger partial charge in [0.25, 0.3) is 0 Å². The summed E-state index contributed by atoms with van der Waals surface area (Å²) < 4.78 is 0. The van der Waals surface area contributed by atoms with Crippen molar-refractivity contribution in [2.75, 3.05) is 7.05 Å². The Morgan fingerprint density at radius 1 is 1.70 bits per heavy atom. The van der Waals surface area contributed by atoms with Crippen LogP contribution in [0.15, 0.2) is 10.4 Å². The van der Waals surface area contributed by atoms with Gasteiger partial charge >= 0.3 is 0 Å². The lowest BCUT2D eigenvalue weighted by molar-refractivity contribution is -0.128. The number of nitrogens with zero attached hydrogens (tertiary/aromatic N) is 3. The van der Waals surface area contributed by atoms with Crippen LogP contribution in [-0.4, -0.2) is 24.4 Å². The molecule has 0 fully saturated rings. The average Bonchev–Trinajstić information content (AvgIpc) is 1.88. The number of carbonyl (C=O) groups excluding carboxylic acids is 2. The van der Waals surface area contributed by atoms with E-state index in [-0.39, 0.29) is 5.91 Å². The first-order chi connectivity index (χ1) is 4.68. The van der Waals surface area contributed by atoms with Gasteiger partial charge in [-0.05, 0) is 10.4 Å². The lowest BCUT2D eigenvalue weighted by Crippen LogP contribution is -2.17. The molecular weight excluding hydrogens is 136 g/mol. The van der Waals surface area contributed by atoms with Crippen LogP contribution in [0.2, 0.25) is 0 Å². The maximum Gasteiger partial charge on any atom is 0.240 e. The van der Waals surface area contributed by atoms with Crippen molar-refractivity contribution in [1.29, 1.82) is 0 Å². The smallest absolute Gasteiger partial charge is 0.240 e. The highest BCUT2D eigenvalue weighted by Crippen LogP contribution is 1.82. The van der Waals surface area contributed by atoms with Gasteiger partial charge in [0.15, 0.2) is 0 Å². The van der Waals surface area contributed by atoms with E-state index >= 15 is 0 Å². The number of hydrogen-bond acceptors (Lipinski definition) is 4. The van der Waals surface area contributed by atoms with Crippen LogP contribution in [0, 0.1) is 0 Å². The minimum atomic E-state index is -0.253. The Morgan fingerprint density at radius 3 is 2.70 bits per heavy atom. The van der Waals surface area contributed by atoms with Crippen molar-refractivity contribution >= 4 is 12.3 Å².